The van der Waals surface area contributed by atoms with Crippen LogP contribution in [0.1, 0.15) is 45.1 Å². The van der Waals surface area contributed by atoms with Crippen LogP contribution in [-0.2, 0) is 17.9 Å². The lowest BCUT2D eigenvalue weighted by Crippen LogP contribution is -2.20. The molecule has 3 heterocycles. The Morgan fingerprint density at radius 3 is 3.00 bits per heavy atom. The fourth-order valence-electron chi connectivity index (χ4n) is 3.35. The summed E-state index contributed by atoms with van der Waals surface area (Å²) >= 11 is 0. The molecule has 0 spiro atoms. The molecule has 2 aliphatic heterocycles. The van der Waals surface area contributed by atoms with Crippen molar-refractivity contribution >= 4 is 17.7 Å². The van der Waals surface area contributed by atoms with Gasteiger partial charge in [0.1, 0.15) is 12.3 Å². The zero-order valence-corrected chi connectivity index (χ0v) is 11.3. The highest BCUT2D eigenvalue weighted by Crippen LogP contribution is 2.45. The normalized spacial score (nSPS) is 25.1. The number of primary amides is 1. The second kappa shape index (κ2) is 3.82. The van der Waals surface area contributed by atoms with Gasteiger partial charge in [0.2, 0.25) is 5.78 Å². The average Bonchev–Trinajstić information content (AvgIpc) is 2.95. The predicted molar refractivity (Wildman–Crippen MR) is 70.9 cm³/mol. The molecule has 2 atom stereocenters. The summed E-state index contributed by atoms with van der Waals surface area (Å²) in [5, 5.41) is 3.27. The Bertz CT molecular complexity index is 759. The van der Waals surface area contributed by atoms with E-state index in [1.807, 2.05) is 4.57 Å². The molecule has 1 amide bonds. The molecule has 0 radical (unpaired) electrons. The van der Waals surface area contributed by atoms with Gasteiger partial charge in [-0.2, -0.15) is 0 Å². The van der Waals surface area contributed by atoms with Crippen LogP contribution >= 0.6 is 0 Å². The van der Waals surface area contributed by atoms with Crippen molar-refractivity contribution in [2.75, 3.05) is 0 Å². The lowest BCUT2D eigenvalue weighted by molar-refractivity contribution is 0.0976. The lowest BCUT2D eigenvalue weighted by atomic mass is 9.92. The molecule has 0 unspecified atom stereocenters. The van der Waals surface area contributed by atoms with Crippen molar-refractivity contribution in [1.29, 1.82) is 0 Å². The van der Waals surface area contributed by atoms with Gasteiger partial charge in [0, 0.05) is 29.4 Å². The third-order valence-corrected chi connectivity index (χ3v) is 4.30. The maximum atomic E-state index is 12.4. The molecule has 1 fully saturated rings. The van der Waals surface area contributed by atoms with E-state index in [-0.39, 0.29) is 24.2 Å². The van der Waals surface area contributed by atoms with E-state index in [1.54, 1.807) is 6.92 Å². The Balaban J connectivity index is 1.90. The summed E-state index contributed by atoms with van der Waals surface area (Å²) < 4.78 is 6.75. The Morgan fingerprint density at radius 1 is 1.52 bits per heavy atom. The zero-order valence-electron chi connectivity index (χ0n) is 11.3. The van der Waals surface area contributed by atoms with Crippen molar-refractivity contribution in [3.05, 3.63) is 34.2 Å². The first kappa shape index (κ1) is 12.3. The van der Waals surface area contributed by atoms with Crippen LogP contribution < -0.4 is 11.1 Å². The van der Waals surface area contributed by atoms with Crippen LogP contribution in [0.4, 0.5) is 4.79 Å². The summed E-state index contributed by atoms with van der Waals surface area (Å²) in [7, 11) is 0. The van der Waals surface area contributed by atoms with E-state index in [0.29, 0.717) is 35.0 Å². The van der Waals surface area contributed by atoms with E-state index in [9.17, 15) is 14.4 Å². The average molecular weight is 287 g/mol. The quantitative estimate of drug-likeness (QED) is 0.766. The number of ether oxygens (including phenoxy) is 1. The minimum atomic E-state index is -0.900. The molecule has 0 aromatic carbocycles. The minimum Gasteiger partial charge on any atom is -0.445 e. The molecule has 3 N–H and O–H groups in total. The van der Waals surface area contributed by atoms with Crippen LogP contribution in [0.15, 0.2) is 11.6 Å². The Kier molecular flexibility index (Phi) is 2.25. The number of hydrogen-bond acceptors (Lipinski definition) is 5. The third-order valence-electron chi connectivity index (χ3n) is 4.30. The van der Waals surface area contributed by atoms with Gasteiger partial charge >= 0.3 is 6.09 Å². The van der Waals surface area contributed by atoms with Crippen LogP contribution in [-0.4, -0.2) is 28.3 Å². The van der Waals surface area contributed by atoms with E-state index in [2.05, 4.69) is 5.32 Å². The highest BCUT2D eigenvalue weighted by molar-refractivity contribution is 6.24. The van der Waals surface area contributed by atoms with Gasteiger partial charge in [-0.15, -0.1) is 0 Å². The summed E-state index contributed by atoms with van der Waals surface area (Å²) in [6, 6.07) is 0.426. The van der Waals surface area contributed by atoms with Gasteiger partial charge < -0.3 is 20.4 Å². The molecular formula is C14H13N3O4. The van der Waals surface area contributed by atoms with Gasteiger partial charge in [-0.25, -0.2) is 4.79 Å². The first-order valence-electron chi connectivity index (χ1n) is 6.70. The van der Waals surface area contributed by atoms with Crippen molar-refractivity contribution in [1.82, 2.24) is 9.88 Å². The number of fused-ring (bicyclic) bond motifs is 5. The molecule has 7 nitrogen and oxygen atoms in total. The zero-order chi connectivity index (χ0) is 14.9. The monoisotopic (exact) mass is 287 g/mol. The van der Waals surface area contributed by atoms with Crippen molar-refractivity contribution in [3.63, 3.8) is 0 Å². The number of rotatable bonds is 2. The van der Waals surface area contributed by atoms with Gasteiger partial charge in [-0.3, -0.25) is 9.59 Å². The summed E-state index contributed by atoms with van der Waals surface area (Å²) in [6.45, 7) is 2.21. The minimum absolute atomic E-state index is 0.0865. The van der Waals surface area contributed by atoms with Crippen molar-refractivity contribution in [3.8, 4) is 0 Å². The molecule has 21 heavy (non-hydrogen) atoms. The number of ketones is 2. The number of nitrogens with zero attached hydrogens (tertiary/aromatic N) is 1. The number of nitrogens with one attached hydrogen (secondary N) is 1. The Labute approximate surface area is 119 Å². The van der Waals surface area contributed by atoms with Gasteiger partial charge in [0.05, 0.1) is 11.6 Å². The molecule has 4 rings (SSSR count). The number of allylic oxidation sites excluding steroid dienone is 2. The molecule has 7 heteroatoms. The maximum absolute atomic E-state index is 12.4. The highest BCUT2D eigenvalue weighted by Gasteiger charge is 2.50. The van der Waals surface area contributed by atoms with Gasteiger partial charge in [-0.1, -0.05) is 0 Å². The van der Waals surface area contributed by atoms with E-state index < -0.39 is 6.09 Å². The summed E-state index contributed by atoms with van der Waals surface area (Å²) in [5.74, 6) is -0.359. The molecule has 1 aliphatic carbocycles. The lowest BCUT2D eigenvalue weighted by Gasteiger charge is -2.12. The standard InChI is InChI=1S/C14H13N3O4/c1-5-2-8(18)9-6(4-21-14(15)20)11-10-7(16-10)3-17(11)12(9)13(5)19/h2,7,10,16H,3-4H2,1H3,(H2,15,20)/t7-,10-/m0/s1. The van der Waals surface area contributed by atoms with Crippen LogP contribution in [0.25, 0.3) is 0 Å². The molecule has 1 aromatic heterocycles. The topological polar surface area (TPSA) is 113 Å². The number of carbonyl (C=O) groups excluding carboxylic acids is 3. The first-order chi connectivity index (χ1) is 9.99. The van der Waals surface area contributed by atoms with Crippen LogP contribution in [0, 0.1) is 0 Å². The number of carbonyl (C=O) groups is 3. The van der Waals surface area contributed by atoms with Gasteiger partial charge in [0.15, 0.2) is 5.78 Å². The van der Waals surface area contributed by atoms with Crippen LogP contribution in [0.3, 0.4) is 0 Å². The van der Waals surface area contributed by atoms with Crippen molar-refractivity contribution in [2.45, 2.75) is 32.2 Å². The largest absolute Gasteiger partial charge is 0.445 e. The summed E-state index contributed by atoms with van der Waals surface area (Å²) in [6.07, 6.45) is 0.440. The van der Waals surface area contributed by atoms with E-state index >= 15 is 0 Å². The van der Waals surface area contributed by atoms with Crippen molar-refractivity contribution in [2.24, 2.45) is 5.73 Å². The SMILES string of the molecule is CC1=CC(=O)c2c(COC(N)=O)c3n(c2C1=O)C[C@@H]1N[C@H]31. The smallest absolute Gasteiger partial charge is 0.404 e. The summed E-state index contributed by atoms with van der Waals surface area (Å²) in [5.41, 5.74) is 7.70. The number of amides is 1. The second-order valence-electron chi connectivity index (χ2n) is 5.58. The number of nitrogens with two attached hydrogens (primary N) is 1. The molecule has 1 aromatic rings. The van der Waals surface area contributed by atoms with Gasteiger partial charge in [0.25, 0.3) is 0 Å². The second-order valence-corrected chi connectivity index (χ2v) is 5.58. The molecule has 0 saturated carbocycles. The highest BCUT2D eigenvalue weighted by atomic mass is 16.5. The van der Waals surface area contributed by atoms with E-state index in [1.165, 1.54) is 6.08 Å². The number of Topliss-reactive ketones (excluding diaryl/α,β-unsaturated/α-hetero) is 1. The van der Waals surface area contributed by atoms with E-state index in [0.717, 1.165) is 5.69 Å². The first-order valence-corrected chi connectivity index (χ1v) is 6.70. The molecule has 1 saturated heterocycles. The fourth-order valence-corrected chi connectivity index (χ4v) is 3.35. The van der Waals surface area contributed by atoms with Crippen LogP contribution in [0.2, 0.25) is 0 Å². The molecule has 0 bridgehead atoms. The molecule has 108 valence electrons. The van der Waals surface area contributed by atoms with Crippen LogP contribution in [0.5, 0.6) is 0 Å². The third kappa shape index (κ3) is 1.55. The van der Waals surface area contributed by atoms with Gasteiger partial charge in [-0.05, 0) is 13.0 Å². The molecule has 3 aliphatic rings. The number of hydrogen-bond donors (Lipinski definition) is 2. The number of aromatic nitrogens is 1. The Hall–Kier alpha value is -2.41. The Morgan fingerprint density at radius 2 is 2.29 bits per heavy atom. The molecular weight excluding hydrogens is 274 g/mol. The fraction of sp³-hybridized carbons (Fsp3) is 0.357. The van der Waals surface area contributed by atoms with E-state index in [4.69, 9.17) is 10.5 Å². The predicted octanol–water partition coefficient (Wildman–Crippen LogP) is 0.435. The summed E-state index contributed by atoms with van der Waals surface area (Å²) in [4.78, 5) is 35.6. The van der Waals surface area contributed by atoms with Crippen molar-refractivity contribution < 1.29 is 19.1 Å². The maximum Gasteiger partial charge on any atom is 0.404 e.